The van der Waals surface area contributed by atoms with Gasteiger partial charge in [-0.25, -0.2) is 8.42 Å². The molecule has 33 heavy (non-hydrogen) atoms. The number of aliphatic hydroxyl groups is 1. The average Bonchev–Trinajstić information content (AvgIpc) is 2.76. The van der Waals surface area contributed by atoms with E-state index in [9.17, 15) is 18.3 Å². The summed E-state index contributed by atoms with van der Waals surface area (Å²) in [4.78, 5) is 14.8. The van der Waals surface area contributed by atoms with Crippen LogP contribution in [-0.4, -0.2) is 60.4 Å². The fourth-order valence-electron chi connectivity index (χ4n) is 4.78. The quantitative estimate of drug-likeness (QED) is 0.688. The predicted molar refractivity (Wildman–Crippen MR) is 127 cm³/mol. The van der Waals surface area contributed by atoms with Crippen LogP contribution in [-0.2, 0) is 14.8 Å². The molecule has 0 aromatic heterocycles. The van der Waals surface area contributed by atoms with Gasteiger partial charge in [-0.1, -0.05) is 56.0 Å². The second kappa shape index (κ2) is 9.30. The fraction of sp³-hybridized carbons (Fsp3) is 0.423. The maximum absolute atomic E-state index is 13.3. The standard InChI is InChI=1S/C26H30N2O4S/c1-18(2)7-6-9-20-11-13-21(14-12-20)26-22-15-27(16-25(30)28(22)23(26)17-29)33(31,32)24-10-5-4-8-19(24)3/h4-5,8,10-14,18,22-23,26,29H,7,15-17H2,1-3H3/t22-,23-,26+/m0/s1. The summed E-state index contributed by atoms with van der Waals surface area (Å²) in [5.41, 5.74) is 2.55. The molecule has 2 aromatic rings. The molecule has 6 nitrogen and oxygen atoms in total. The maximum Gasteiger partial charge on any atom is 0.243 e. The molecule has 174 valence electrons. The number of aryl methyl sites for hydroxylation is 1. The van der Waals surface area contributed by atoms with Crippen molar-refractivity contribution in [1.29, 1.82) is 0 Å². The van der Waals surface area contributed by atoms with Crippen LogP contribution in [0.2, 0.25) is 0 Å². The number of hydrogen-bond acceptors (Lipinski definition) is 4. The van der Waals surface area contributed by atoms with Gasteiger partial charge < -0.3 is 10.0 Å². The molecule has 0 bridgehead atoms. The van der Waals surface area contributed by atoms with E-state index in [1.165, 1.54) is 4.31 Å². The summed E-state index contributed by atoms with van der Waals surface area (Å²) in [6.07, 6.45) is 0.835. The van der Waals surface area contributed by atoms with Crippen molar-refractivity contribution in [3.05, 3.63) is 65.2 Å². The topological polar surface area (TPSA) is 77.9 Å². The van der Waals surface area contributed by atoms with Gasteiger partial charge in [-0.05, 0) is 42.2 Å². The molecule has 2 fully saturated rings. The smallest absolute Gasteiger partial charge is 0.243 e. The number of sulfonamides is 1. The molecule has 7 heteroatoms. The highest BCUT2D eigenvalue weighted by atomic mass is 32.2. The van der Waals surface area contributed by atoms with Crippen molar-refractivity contribution in [1.82, 2.24) is 9.21 Å². The highest BCUT2D eigenvalue weighted by Gasteiger charge is 2.55. The van der Waals surface area contributed by atoms with E-state index >= 15 is 0 Å². The lowest BCUT2D eigenvalue weighted by Gasteiger charge is -2.58. The average molecular weight is 467 g/mol. The fourth-order valence-corrected chi connectivity index (χ4v) is 6.42. The van der Waals surface area contributed by atoms with Gasteiger partial charge in [0.05, 0.1) is 30.1 Å². The van der Waals surface area contributed by atoms with E-state index < -0.39 is 10.0 Å². The van der Waals surface area contributed by atoms with Gasteiger partial charge in [-0.3, -0.25) is 4.79 Å². The third-order valence-electron chi connectivity index (χ3n) is 6.47. The number of hydrogen-bond donors (Lipinski definition) is 1. The van der Waals surface area contributed by atoms with Gasteiger partial charge >= 0.3 is 0 Å². The molecular formula is C26H30N2O4S. The number of nitrogens with zero attached hydrogens (tertiary/aromatic N) is 2. The summed E-state index contributed by atoms with van der Waals surface area (Å²) in [6, 6.07) is 14.0. The summed E-state index contributed by atoms with van der Waals surface area (Å²) in [5.74, 6) is 6.46. The first kappa shape index (κ1) is 23.5. The van der Waals surface area contributed by atoms with Crippen LogP contribution >= 0.6 is 0 Å². The molecular weight excluding hydrogens is 436 g/mol. The summed E-state index contributed by atoms with van der Waals surface area (Å²) < 4.78 is 27.9. The lowest BCUT2D eigenvalue weighted by atomic mass is 9.74. The van der Waals surface area contributed by atoms with Crippen molar-refractivity contribution in [2.75, 3.05) is 19.7 Å². The lowest BCUT2D eigenvalue weighted by molar-refractivity contribution is -0.158. The van der Waals surface area contributed by atoms with Crippen LogP contribution < -0.4 is 0 Å². The Bertz CT molecular complexity index is 1190. The number of carbonyl (C=O) groups excluding carboxylic acids is 1. The Labute approximate surface area is 196 Å². The number of benzene rings is 2. The first-order chi connectivity index (χ1) is 15.7. The van der Waals surface area contributed by atoms with Crippen molar-refractivity contribution in [3.63, 3.8) is 0 Å². The Balaban J connectivity index is 1.58. The molecule has 1 N–H and O–H groups in total. The van der Waals surface area contributed by atoms with E-state index in [-0.39, 0.29) is 48.5 Å². The Morgan fingerprint density at radius 2 is 1.82 bits per heavy atom. The van der Waals surface area contributed by atoms with Crippen LogP contribution in [0.15, 0.2) is 53.4 Å². The van der Waals surface area contributed by atoms with Gasteiger partial charge in [0.1, 0.15) is 0 Å². The number of rotatable bonds is 5. The van der Waals surface area contributed by atoms with E-state index in [1.807, 2.05) is 24.3 Å². The Hall–Kier alpha value is -2.66. The Kier molecular flexibility index (Phi) is 6.62. The summed E-state index contributed by atoms with van der Waals surface area (Å²) >= 11 is 0. The summed E-state index contributed by atoms with van der Waals surface area (Å²) in [7, 11) is -3.80. The van der Waals surface area contributed by atoms with E-state index in [4.69, 9.17) is 0 Å². The third-order valence-corrected chi connectivity index (χ3v) is 8.44. The number of piperazine rings is 1. The zero-order valence-electron chi connectivity index (χ0n) is 19.2. The van der Waals surface area contributed by atoms with Gasteiger partial charge in [0.15, 0.2) is 0 Å². The number of carbonyl (C=O) groups is 1. The first-order valence-electron chi connectivity index (χ1n) is 11.3. The molecule has 1 amide bonds. The van der Waals surface area contributed by atoms with Crippen molar-refractivity contribution >= 4 is 15.9 Å². The van der Waals surface area contributed by atoms with Crippen molar-refractivity contribution in [3.8, 4) is 11.8 Å². The molecule has 2 aromatic carbocycles. The SMILES string of the molecule is Cc1ccccc1S(=O)(=O)N1CC(=O)N2[C@@H](CO)[C@H](c3ccc(C#CCC(C)C)cc3)[C@@H]2C1. The second-order valence-corrected chi connectivity index (χ2v) is 11.1. The molecule has 0 aliphatic carbocycles. The number of fused-ring (bicyclic) bond motifs is 1. The molecule has 0 unspecified atom stereocenters. The van der Waals surface area contributed by atoms with Crippen LogP contribution in [0.1, 0.15) is 42.9 Å². The molecule has 0 radical (unpaired) electrons. The summed E-state index contributed by atoms with van der Waals surface area (Å²) in [6.45, 7) is 5.85. The monoisotopic (exact) mass is 466 g/mol. The predicted octanol–water partition coefficient (Wildman–Crippen LogP) is 2.75. The van der Waals surface area contributed by atoms with Crippen LogP contribution in [0.25, 0.3) is 0 Å². The molecule has 2 aliphatic heterocycles. The third kappa shape index (κ3) is 4.43. The Morgan fingerprint density at radius 3 is 2.45 bits per heavy atom. The van der Waals surface area contributed by atoms with Gasteiger partial charge in [0.2, 0.25) is 15.9 Å². The zero-order valence-corrected chi connectivity index (χ0v) is 20.0. The minimum Gasteiger partial charge on any atom is -0.394 e. The Morgan fingerprint density at radius 1 is 1.12 bits per heavy atom. The van der Waals surface area contributed by atoms with Crippen molar-refractivity contribution in [2.24, 2.45) is 5.92 Å². The zero-order chi connectivity index (χ0) is 23.8. The highest BCUT2D eigenvalue weighted by molar-refractivity contribution is 7.89. The maximum atomic E-state index is 13.3. The normalized spacial score (nSPS) is 23.0. The molecule has 0 saturated carbocycles. The van der Waals surface area contributed by atoms with E-state index in [0.29, 0.717) is 11.5 Å². The minimum atomic E-state index is -3.80. The molecule has 3 atom stereocenters. The highest BCUT2D eigenvalue weighted by Crippen LogP contribution is 2.43. The van der Waals surface area contributed by atoms with Crippen molar-refractivity contribution in [2.45, 2.75) is 50.1 Å². The molecule has 4 rings (SSSR count). The first-order valence-corrected chi connectivity index (χ1v) is 12.7. The van der Waals surface area contributed by atoms with E-state index in [2.05, 4.69) is 25.7 Å². The molecule has 0 spiro atoms. The molecule has 2 heterocycles. The van der Waals surface area contributed by atoms with Crippen LogP contribution in [0.3, 0.4) is 0 Å². The van der Waals surface area contributed by atoms with Gasteiger partial charge in [0.25, 0.3) is 0 Å². The molecule has 2 aliphatic rings. The lowest BCUT2D eigenvalue weighted by Crippen LogP contribution is -2.73. The van der Waals surface area contributed by atoms with Crippen LogP contribution in [0.4, 0.5) is 0 Å². The minimum absolute atomic E-state index is 0.133. The van der Waals surface area contributed by atoms with Gasteiger partial charge in [-0.15, -0.1) is 0 Å². The second-order valence-electron chi connectivity index (χ2n) is 9.23. The van der Waals surface area contributed by atoms with Crippen LogP contribution in [0.5, 0.6) is 0 Å². The van der Waals surface area contributed by atoms with Gasteiger partial charge in [-0.2, -0.15) is 4.31 Å². The molecule has 2 saturated heterocycles. The van der Waals surface area contributed by atoms with E-state index in [1.54, 1.807) is 36.1 Å². The van der Waals surface area contributed by atoms with E-state index in [0.717, 1.165) is 17.5 Å². The summed E-state index contributed by atoms with van der Waals surface area (Å²) in [5, 5.41) is 9.99. The van der Waals surface area contributed by atoms with Crippen molar-refractivity contribution < 1.29 is 18.3 Å². The largest absolute Gasteiger partial charge is 0.394 e. The van der Waals surface area contributed by atoms with Gasteiger partial charge in [0, 0.05) is 24.4 Å². The van der Waals surface area contributed by atoms with Crippen LogP contribution in [0, 0.1) is 24.7 Å². The number of aliphatic hydroxyl groups excluding tert-OH is 1. The number of amides is 1.